The van der Waals surface area contributed by atoms with E-state index < -0.39 is 35.8 Å². The van der Waals surface area contributed by atoms with Gasteiger partial charge in [-0.1, -0.05) is 6.07 Å². The fraction of sp³-hybridized carbons (Fsp3) is 0.450. The average molecular weight is 423 g/mol. The molecule has 0 heterocycles. The van der Waals surface area contributed by atoms with E-state index in [-0.39, 0.29) is 36.3 Å². The number of carbonyl (C=O) groups excluding carboxylic acids is 5. The highest BCUT2D eigenvalue weighted by Crippen LogP contribution is 2.23. The Labute approximate surface area is 173 Å². The van der Waals surface area contributed by atoms with Crippen LogP contribution in [0.1, 0.15) is 52.6 Å². The van der Waals surface area contributed by atoms with Gasteiger partial charge in [0.2, 0.25) is 5.91 Å². The normalized spacial score (nSPS) is 11.1. The van der Waals surface area contributed by atoms with Crippen LogP contribution in [0.15, 0.2) is 12.1 Å². The molecule has 0 bridgehead atoms. The minimum Gasteiger partial charge on any atom is -0.465 e. The van der Waals surface area contributed by atoms with E-state index in [0.717, 1.165) is 14.2 Å². The lowest BCUT2D eigenvalue weighted by Gasteiger charge is -2.19. The Morgan fingerprint density at radius 1 is 0.967 bits per heavy atom. The average Bonchev–Trinajstić information content (AvgIpc) is 2.69. The molecule has 10 nitrogen and oxygen atoms in total. The second-order valence-corrected chi connectivity index (χ2v) is 6.15. The molecule has 1 rings (SSSR count). The van der Waals surface area contributed by atoms with E-state index in [1.54, 1.807) is 6.92 Å². The SMILES string of the molecule is CCOC(=O)C(Cc1cc(COC(C)=O)c(C(=O)OC)c(C(=O)OC)c1)NC(C)=O. The van der Waals surface area contributed by atoms with Crippen molar-refractivity contribution >= 4 is 29.8 Å². The number of amides is 1. The molecule has 30 heavy (non-hydrogen) atoms. The molecule has 0 saturated carbocycles. The topological polar surface area (TPSA) is 134 Å². The summed E-state index contributed by atoms with van der Waals surface area (Å²) in [5.41, 5.74) is 0.327. The fourth-order valence-electron chi connectivity index (χ4n) is 2.71. The Balaban J connectivity index is 3.52. The minimum atomic E-state index is -1.03. The van der Waals surface area contributed by atoms with Crippen molar-refractivity contribution in [2.24, 2.45) is 0 Å². The summed E-state index contributed by atoms with van der Waals surface area (Å²) in [6, 6.07) is 1.80. The summed E-state index contributed by atoms with van der Waals surface area (Å²) < 4.78 is 19.4. The standard InChI is InChI=1S/C20H25NO9/c1-6-29-19(25)16(21-11(2)22)9-13-7-14(10-30-12(3)23)17(20(26)28-5)15(8-13)18(24)27-4/h7-8,16H,6,9-10H2,1-5H3,(H,21,22). The monoisotopic (exact) mass is 423 g/mol. The molecule has 10 heteroatoms. The van der Waals surface area contributed by atoms with Crippen molar-refractivity contribution in [3.8, 4) is 0 Å². The zero-order chi connectivity index (χ0) is 22.8. The highest BCUT2D eigenvalue weighted by molar-refractivity contribution is 6.04. The molecule has 0 spiro atoms. The van der Waals surface area contributed by atoms with E-state index in [4.69, 9.17) is 18.9 Å². The van der Waals surface area contributed by atoms with E-state index in [0.29, 0.717) is 5.56 Å². The summed E-state index contributed by atoms with van der Waals surface area (Å²) >= 11 is 0. The molecule has 1 unspecified atom stereocenters. The zero-order valence-electron chi connectivity index (χ0n) is 17.5. The number of carbonyl (C=O) groups is 5. The number of hydrogen-bond acceptors (Lipinski definition) is 9. The van der Waals surface area contributed by atoms with Gasteiger partial charge in [0.05, 0.1) is 32.0 Å². The Morgan fingerprint density at radius 3 is 2.10 bits per heavy atom. The summed E-state index contributed by atoms with van der Waals surface area (Å²) in [5, 5.41) is 2.49. The van der Waals surface area contributed by atoms with Crippen LogP contribution in [-0.2, 0) is 46.4 Å². The van der Waals surface area contributed by atoms with Crippen LogP contribution in [0.4, 0.5) is 0 Å². The number of rotatable bonds is 9. The van der Waals surface area contributed by atoms with Crippen molar-refractivity contribution in [1.29, 1.82) is 0 Å². The highest BCUT2D eigenvalue weighted by Gasteiger charge is 2.27. The molecule has 0 radical (unpaired) electrons. The Kier molecular flexibility index (Phi) is 9.47. The highest BCUT2D eigenvalue weighted by atomic mass is 16.5. The second kappa shape index (κ2) is 11.5. The largest absolute Gasteiger partial charge is 0.465 e. The number of benzene rings is 1. The molecule has 0 saturated heterocycles. The number of methoxy groups -OCH3 is 2. The lowest BCUT2D eigenvalue weighted by Crippen LogP contribution is -2.42. The molecule has 0 aliphatic carbocycles. The van der Waals surface area contributed by atoms with Crippen LogP contribution in [0.5, 0.6) is 0 Å². The fourth-order valence-corrected chi connectivity index (χ4v) is 2.71. The molecule has 1 amide bonds. The van der Waals surface area contributed by atoms with E-state index >= 15 is 0 Å². The predicted molar refractivity (Wildman–Crippen MR) is 103 cm³/mol. The third-order valence-electron chi connectivity index (χ3n) is 3.89. The van der Waals surface area contributed by atoms with Gasteiger partial charge in [-0.15, -0.1) is 0 Å². The summed E-state index contributed by atoms with van der Waals surface area (Å²) in [6.45, 7) is 3.86. The number of hydrogen-bond donors (Lipinski definition) is 1. The lowest BCUT2D eigenvalue weighted by molar-refractivity contribution is -0.147. The number of esters is 4. The molecule has 0 fully saturated rings. The summed E-state index contributed by atoms with van der Waals surface area (Å²) in [4.78, 5) is 59.5. The van der Waals surface area contributed by atoms with Gasteiger partial charge < -0.3 is 24.3 Å². The zero-order valence-corrected chi connectivity index (χ0v) is 17.5. The van der Waals surface area contributed by atoms with Gasteiger partial charge in [0.15, 0.2) is 0 Å². The van der Waals surface area contributed by atoms with Crippen LogP contribution < -0.4 is 5.32 Å². The molecule has 1 aromatic carbocycles. The quantitative estimate of drug-likeness (QED) is 0.455. The van der Waals surface area contributed by atoms with Crippen LogP contribution in [0, 0.1) is 0 Å². The third kappa shape index (κ3) is 6.87. The second-order valence-electron chi connectivity index (χ2n) is 6.15. The Hall–Kier alpha value is -3.43. The summed E-state index contributed by atoms with van der Waals surface area (Å²) in [5.74, 6) is -3.36. The van der Waals surface area contributed by atoms with Crippen LogP contribution in [-0.4, -0.2) is 56.7 Å². The molecule has 0 aromatic heterocycles. The minimum absolute atomic E-state index is 0.0447. The summed E-state index contributed by atoms with van der Waals surface area (Å²) in [7, 11) is 2.28. The Morgan fingerprint density at radius 2 is 1.60 bits per heavy atom. The van der Waals surface area contributed by atoms with Crippen LogP contribution in [0.3, 0.4) is 0 Å². The number of ether oxygens (including phenoxy) is 4. The maximum Gasteiger partial charge on any atom is 0.339 e. The van der Waals surface area contributed by atoms with Crippen LogP contribution in [0.25, 0.3) is 0 Å². The van der Waals surface area contributed by atoms with Crippen molar-refractivity contribution in [1.82, 2.24) is 5.32 Å². The lowest BCUT2D eigenvalue weighted by atomic mass is 9.94. The van der Waals surface area contributed by atoms with Gasteiger partial charge in [-0.25, -0.2) is 14.4 Å². The number of nitrogens with one attached hydrogen (secondary N) is 1. The van der Waals surface area contributed by atoms with Crippen LogP contribution in [0.2, 0.25) is 0 Å². The van der Waals surface area contributed by atoms with Crippen molar-refractivity contribution in [2.45, 2.75) is 39.8 Å². The van der Waals surface area contributed by atoms with Gasteiger partial charge in [-0.2, -0.15) is 0 Å². The van der Waals surface area contributed by atoms with Gasteiger partial charge in [-0.05, 0) is 18.6 Å². The first kappa shape index (κ1) is 24.6. The maximum absolute atomic E-state index is 12.3. The molecular formula is C20H25NO9. The van der Waals surface area contributed by atoms with Crippen molar-refractivity contribution in [2.75, 3.05) is 20.8 Å². The molecule has 1 N–H and O–H groups in total. The molecule has 0 aliphatic heterocycles. The van der Waals surface area contributed by atoms with Crippen molar-refractivity contribution in [3.63, 3.8) is 0 Å². The Bertz CT molecular complexity index is 832. The van der Waals surface area contributed by atoms with E-state index in [2.05, 4.69) is 5.32 Å². The van der Waals surface area contributed by atoms with Gasteiger partial charge >= 0.3 is 23.9 Å². The molecule has 164 valence electrons. The third-order valence-corrected chi connectivity index (χ3v) is 3.89. The molecule has 0 aliphatic rings. The predicted octanol–water partition coefficient (Wildman–Crippen LogP) is 0.933. The van der Waals surface area contributed by atoms with Gasteiger partial charge in [-0.3, -0.25) is 9.59 Å². The summed E-state index contributed by atoms with van der Waals surface area (Å²) in [6.07, 6.45) is -0.0447. The van der Waals surface area contributed by atoms with E-state index in [1.165, 1.54) is 26.0 Å². The van der Waals surface area contributed by atoms with Crippen molar-refractivity contribution < 1.29 is 42.9 Å². The molecule has 1 aromatic rings. The van der Waals surface area contributed by atoms with Gasteiger partial charge in [0, 0.05) is 25.8 Å². The first-order valence-electron chi connectivity index (χ1n) is 9.04. The maximum atomic E-state index is 12.3. The molecular weight excluding hydrogens is 398 g/mol. The van der Waals surface area contributed by atoms with E-state index in [1.807, 2.05) is 0 Å². The van der Waals surface area contributed by atoms with E-state index in [9.17, 15) is 24.0 Å². The van der Waals surface area contributed by atoms with Crippen molar-refractivity contribution in [3.05, 3.63) is 34.4 Å². The van der Waals surface area contributed by atoms with Crippen LogP contribution >= 0.6 is 0 Å². The first-order valence-corrected chi connectivity index (χ1v) is 9.04. The van der Waals surface area contributed by atoms with Gasteiger partial charge in [0.25, 0.3) is 0 Å². The van der Waals surface area contributed by atoms with Gasteiger partial charge in [0.1, 0.15) is 12.6 Å². The smallest absolute Gasteiger partial charge is 0.339 e. The first-order chi connectivity index (χ1) is 14.1. The molecule has 1 atom stereocenters.